The number of carbonyl (C=O) groups excluding carboxylic acids is 1. The van der Waals surface area contributed by atoms with Crippen LogP contribution in [0.4, 0.5) is 5.69 Å². The van der Waals surface area contributed by atoms with Crippen molar-refractivity contribution in [1.82, 2.24) is 14.9 Å². The minimum Gasteiger partial charge on any atom is -0.329 e. The topological polar surface area (TPSA) is 74.0 Å². The van der Waals surface area contributed by atoms with Crippen LogP contribution in [0.1, 0.15) is 34.0 Å². The third kappa shape index (κ3) is 4.97. The van der Waals surface area contributed by atoms with E-state index in [0.717, 1.165) is 34.5 Å². The number of carbonyl (C=O) groups is 1. The summed E-state index contributed by atoms with van der Waals surface area (Å²) < 4.78 is 2.05. The number of nitrogens with zero attached hydrogens (tertiary/aromatic N) is 4. The second-order valence-corrected chi connectivity index (χ2v) is 8.99. The van der Waals surface area contributed by atoms with Gasteiger partial charge < -0.3 is 9.47 Å². The number of nitrogens with one attached hydrogen (secondary N) is 1. The molecule has 1 aromatic heterocycles. The molecule has 0 radical (unpaired) electrons. The number of imidazole rings is 1. The predicted octanol–water partition coefficient (Wildman–Crippen LogP) is 4.88. The van der Waals surface area contributed by atoms with E-state index in [1.54, 1.807) is 6.33 Å². The maximum atomic E-state index is 13.8. The van der Waals surface area contributed by atoms with E-state index in [1.807, 2.05) is 77.8 Å². The molecule has 5 rings (SSSR count). The predicted molar refractivity (Wildman–Crippen MR) is 136 cm³/mol. The van der Waals surface area contributed by atoms with Crippen LogP contribution in [0.5, 0.6) is 0 Å². The van der Waals surface area contributed by atoms with Crippen molar-refractivity contribution >= 4 is 23.2 Å². The number of hydrogen-bond acceptors (Lipinski definition) is 4. The van der Waals surface area contributed by atoms with Gasteiger partial charge in [0.25, 0.3) is 0 Å². The summed E-state index contributed by atoms with van der Waals surface area (Å²) in [4.78, 5) is 19.9. The first kappa shape index (κ1) is 22.9. The van der Waals surface area contributed by atoms with Gasteiger partial charge in [0.15, 0.2) is 0 Å². The minimum atomic E-state index is -0.494. The van der Waals surface area contributed by atoms with Crippen LogP contribution in [-0.4, -0.2) is 22.0 Å². The lowest BCUT2D eigenvalue weighted by atomic mass is 9.99. The van der Waals surface area contributed by atoms with Crippen LogP contribution in [0.2, 0.25) is 5.02 Å². The molecule has 0 saturated heterocycles. The van der Waals surface area contributed by atoms with Crippen molar-refractivity contribution in [2.45, 2.75) is 25.6 Å². The van der Waals surface area contributed by atoms with Crippen molar-refractivity contribution in [2.24, 2.45) is 0 Å². The van der Waals surface area contributed by atoms with Crippen molar-refractivity contribution in [3.8, 4) is 6.07 Å². The molecule has 1 aliphatic rings. The Balaban J connectivity index is 1.39. The molecule has 2 heterocycles. The molecule has 0 bridgehead atoms. The highest BCUT2D eigenvalue weighted by Gasteiger charge is 2.31. The van der Waals surface area contributed by atoms with Crippen LogP contribution < -0.4 is 10.2 Å². The van der Waals surface area contributed by atoms with Gasteiger partial charge in [-0.3, -0.25) is 10.1 Å². The molecular formula is C28H24ClN5O. The van der Waals surface area contributed by atoms with Gasteiger partial charge in [-0.25, -0.2) is 4.98 Å². The van der Waals surface area contributed by atoms with Crippen LogP contribution >= 0.6 is 11.6 Å². The van der Waals surface area contributed by atoms with E-state index >= 15 is 0 Å². The molecule has 35 heavy (non-hydrogen) atoms. The zero-order valence-corrected chi connectivity index (χ0v) is 19.8. The van der Waals surface area contributed by atoms with Crippen LogP contribution in [0.15, 0.2) is 85.3 Å². The second-order valence-electron chi connectivity index (χ2n) is 8.55. The summed E-state index contributed by atoms with van der Waals surface area (Å²) in [6, 6.07) is 24.7. The van der Waals surface area contributed by atoms with Crippen molar-refractivity contribution < 1.29 is 4.79 Å². The van der Waals surface area contributed by atoms with Gasteiger partial charge in [-0.05, 0) is 53.4 Å². The summed E-state index contributed by atoms with van der Waals surface area (Å²) in [5.41, 5.74) is 5.64. The van der Waals surface area contributed by atoms with E-state index in [-0.39, 0.29) is 5.91 Å². The zero-order valence-electron chi connectivity index (χ0n) is 19.1. The van der Waals surface area contributed by atoms with Crippen LogP contribution in [0.25, 0.3) is 0 Å². The molecule has 1 amide bonds. The normalized spacial score (nSPS) is 15.4. The van der Waals surface area contributed by atoms with Gasteiger partial charge in [0.1, 0.15) is 6.04 Å². The number of anilines is 1. The standard InChI is InChI=1S/C28H24ClN5O/c29-23-5-3-6-24(14-23)34-13-12-22-4-1-2-7-26(22)27(28(34)35)32-17-25-16-31-19-33(25)18-21-10-8-20(15-30)9-11-21/h1-11,14,16,19,27,32H,12-13,17-18H2. The van der Waals surface area contributed by atoms with Crippen LogP contribution in [0, 0.1) is 11.3 Å². The number of aromatic nitrogens is 2. The highest BCUT2D eigenvalue weighted by molar-refractivity contribution is 6.30. The summed E-state index contributed by atoms with van der Waals surface area (Å²) in [6.07, 6.45) is 4.37. The van der Waals surface area contributed by atoms with Crippen molar-refractivity contribution in [3.63, 3.8) is 0 Å². The molecule has 4 aromatic rings. The number of hydrogen-bond donors (Lipinski definition) is 1. The average molecular weight is 482 g/mol. The summed E-state index contributed by atoms with van der Waals surface area (Å²) in [5.74, 6) is -0.00428. The van der Waals surface area contributed by atoms with E-state index in [2.05, 4.69) is 27.0 Å². The maximum absolute atomic E-state index is 13.8. The van der Waals surface area contributed by atoms with E-state index in [4.69, 9.17) is 16.9 Å². The average Bonchev–Trinajstić information content (AvgIpc) is 3.26. The molecule has 3 aromatic carbocycles. The smallest absolute Gasteiger partial charge is 0.248 e. The number of fused-ring (bicyclic) bond motifs is 1. The zero-order chi connectivity index (χ0) is 24.2. The Hall–Kier alpha value is -3.92. The summed E-state index contributed by atoms with van der Waals surface area (Å²) in [5, 5.41) is 13.1. The van der Waals surface area contributed by atoms with Gasteiger partial charge in [-0.15, -0.1) is 0 Å². The van der Waals surface area contributed by atoms with Gasteiger partial charge in [-0.2, -0.15) is 5.26 Å². The highest BCUT2D eigenvalue weighted by Crippen LogP contribution is 2.29. The van der Waals surface area contributed by atoms with E-state index in [1.165, 1.54) is 0 Å². The Labute approximate surface area is 209 Å². The monoisotopic (exact) mass is 481 g/mol. The van der Waals surface area contributed by atoms with E-state index < -0.39 is 6.04 Å². The molecule has 1 N–H and O–H groups in total. The van der Waals surface area contributed by atoms with Crippen LogP contribution in [-0.2, 0) is 24.3 Å². The Morgan fingerprint density at radius 1 is 1.09 bits per heavy atom. The fourth-order valence-corrected chi connectivity index (χ4v) is 4.68. The van der Waals surface area contributed by atoms with Gasteiger partial charge in [0.2, 0.25) is 5.91 Å². The fourth-order valence-electron chi connectivity index (χ4n) is 4.50. The van der Waals surface area contributed by atoms with Crippen molar-refractivity contribution in [2.75, 3.05) is 11.4 Å². The van der Waals surface area contributed by atoms with E-state index in [9.17, 15) is 4.79 Å². The number of halogens is 1. The lowest BCUT2D eigenvalue weighted by Crippen LogP contribution is -2.40. The molecular weight excluding hydrogens is 458 g/mol. The first-order valence-electron chi connectivity index (χ1n) is 11.5. The van der Waals surface area contributed by atoms with Gasteiger partial charge in [0, 0.05) is 36.5 Å². The van der Waals surface area contributed by atoms with E-state index in [0.29, 0.717) is 30.2 Å². The third-order valence-electron chi connectivity index (χ3n) is 6.33. The lowest BCUT2D eigenvalue weighted by Gasteiger charge is -2.26. The molecule has 1 aliphatic heterocycles. The Morgan fingerprint density at radius 3 is 2.71 bits per heavy atom. The minimum absolute atomic E-state index is 0.00428. The molecule has 1 unspecified atom stereocenters. The molecule has 6 nitrogen and oxygen atoms in total. The Kier molecular flexibility index (Phi) is 6.62. The summed E-state index contributed by atoms with van der Waals surface area (Å²) >= 11 is 6.23. The molecule has 0 fully saturated rings. The van der Waals surface area contributed by atoms with Crippen molar-refractivity contribution in [1.29, 1.82) is 5.26 Å². The summed E-state index contributed by atoms with van der Waals surface area (Å²) in [6.45, 7) is 1.70. The first-order chi connectivity index (χ1) is 17.1. The van der Waals surface area contributed by atoms with Gasteiger partial charge in [-0.1, -0.05) is 54.1 Å². The maximum Gasteiger partial charge on any atom is 0.248 e. The third-order valence-corrected chi connectivity index (χ3v) is 6.56. The Bertz CT molecular complexity index is 1390. The Morgan fingerprint density at radius 2 is 1.91 bits per heavy atom. The second kappa shape index (κ2) is 10.1. The molecule has 1 atom stereocenters. The fraction of sp³-hybridized carbons (Fsp3) is 0.179. The SMILES string of the molecule is N#Cc1ccc(Cn2cncc2CNC2C(=O)N(c3cccc(Cl)c3)CCc3ccccc32)cc1. The molecule has 0 spiro atoms. The lowest BCUT2D eigenvalue weighted by molar-refractivity contribution is -0.120. The highest BCUT2D eigenvalue weighted by atomic mass is 35.5. The van der Waals surface area contributed by atoms with Crippen molar-refractivity contribution in [3.05, 3.63) is 118 Å². The number of benzene rings is 3. The van der Waals surface area contributed by atoms with Crippen LogP contribution in [0.3, 0.4) is 0 Å². The molecule has 0 aliphatic carbocycles. The molecule has 7 heteroatoms. The number of rotatable bonds is 6. The largest absolute Gasteiger partial charge is 0.329 e. The quantitative estimate of drug-likeness (QED) is 0.426. The number of nitriles is 1. The van der Waals surface area contributed by atoms with Gasteiger partial charge >= 0.3 is 0 Å². The molecule has 174 valence electrons. The van der Waals surface area contributed by atoms with Gasteiger partial charge in [0.05, 0.1) is 23.7 Å². The first-order valence-corrected chi connectivity index (χ1v) is 11.9. The number of amides is 1. The summed E-state index contributed by atoms with van der Waals surface area (Å²) in [7, 11) is 0. The molecule has 0 saturated carbocycles.